The summed E-state index contributed by atoms with van der Waals surface area (Å²) in [6.45, 7) is 1.26. The van der Waals surface area contributed by atoms with Gasteiger partial charge in [-0.05, 0) is 12.0 Å². The van der Waals surface area contributed by atoms with Crippen molar-refractivity contribution >= 4 is 12.2 Å². The molecule has 0 aliphatic carbocycles. The lowest BCUT2D eigenvalue weighted by Gasteiger charge is -2.25. The standard InChI is InChI=1S/C16H18N4O2/c1-18-14-13(15(21)19(2)16(18)22)10-20(11-17-14)9-8-12-6-4-3-5-7-12/h3-7,11H,8-10H2,1-2H3. The lowest BCUT2D eigenvalue weighted by atomic mass is 10.1. The maximum absolute atomic E-state index is 12.3. The molecule has 0 bridgehead atoms. The van der Waals surface area contributed by atoms with E-state index < -0.39 is 0 Å². The van der Waals surface area contributed by atoms with Gasteiger partial charge in [-0.15, -0.1) is 0 Å². The Kier molecular flexibility index (Phi) is 3.66. The average molecular weight is 298 g/mol. The number of nitrogens with zero attached hydrogens (tertiary/aromatic N) is 4. The molecule has 0 fully saturated rings. The predicted octanol–water partition coefficient (Wildman–Crippen LogP) is 0.802. The number of fused-ring (bicyclic) bond motifs is 1. The van der Waals surface area contributed by atoms with Gasteiger partial charge in [0.1, 0.15) is 5.82 Å². The van der Waals surface area contributed by atoms with Gasteiger partial charge in [0.15, 0.2) is 0 Å². The third-order valence-corrected chi connectivity index (χ3v) is 3.96. The Bertz CT molecular complexity index is 834. The molecule has 0 unspecified atom stereocenters. The fourth-order valence-electron chi connectivity index (χ4n) is 2.64. The van der Waals surface area contributed by atoms with E-state index in [0.717, 1.165) is 17.5 Å². The van der Waals surface area contributed by atoms with Gasteiger partial charge in [0.25, 0.3) is 5.56 Å². The summed E-state index contributed by atoms with van der Waals surface area (Å²) in [5, 5.41) is 0. The molecule has 0 spiro atoms. The van der Waals surface area contributed by atoms with Crippen LogP contribution in [0.3, 0.4) is 0 Å². The van der Waals surface area contributed by atoms with Crippen molar-refractivity contribution in [3.05, 3.63) is 62.3 Å². The maximum Gasteiger partial charge on any atom is 0.332 e. The summed E-state index contributed by atoms with van der Waals surface area (Å²) in [6.07, 6.45) is 2.60. The summed E-state index contributed by atoms with van der Waals surface area (Å²) in [6, 6.07) is 10.2. The molecule has 1 aromatic carbocycles. The van der Waals surface area contributed by atoms with Gasteiger partial charge in [0, 0.05) is 20.6 Å². The lowest BCUT2D eigenvalue weighted by molar-refractivity contribution is 0.415. The van der Waals surface area contributed by atoms with E-state index in [1.807, 2.05) is 23.1 Å². The van der Waals surface area contributed by atoms with Gasteiger partial charge in [-0.1, -0.05) is 30.3 Å². The van der Waals surface area contributed by atoms with Gasteiger partial charge in [-0.3, -0.25) is 13.9 Å². The van der Waals surface area contributed by atoms with Crippen LogP contribution in [0.4, 0.5) is 5.82 Å². The van der Waals surface area contributed by atoms with Gasteiger partial charge in [-0.2, -0.15) is 0 Å². The van der Waals surface area contributed by atoms with Crippen LogP contribution in [0, 0.1) is 0 Å². The van der Waals surface area contributed by atoms with Crippen LogP contribution in [0.2, 0.25) is 0 Å². The first kappa shape index (κ1) is 14.3. The summed E-state index contributed by atoms with van der Waals surface area (Å²) in [5.41, 5.74) is 1.20. The summed E-state index contributed by atoms with van der Waals surface area (Å²) < 4.78 is 2.55. The molecule has 0 saturated carbocycles. The van der Waals surface area contributed by atoms with E-state index in [1.54, 1.807) is 13.4 Å². The first-order valence-corrected chi connectivity index (χ1v) is 7.19. The van der Waals surface area contributed by atoms with Crippen LogP contribution in [-0.4, -0.2) is 26.9 Å². The van der Waals surface area contributed by atoms with Crippen molar-refractivity contribution in [1.82, 2.24) is 14.0 Å². The average Bonchev–Trinajstić information content (AvgIpc) is 2.57. The minimum absolute atomic E-state index is 0.264. The highest BCUT2D eigenvalue weighted by Crippen LogP contribution is 2.18. The maximum atomic E-state index is 12.3. The molecule has 1 aromatic heterocycles. The molecule has 2 aromatic rings. The third-order valence-electron chi connectivity index (χ3n) is 3.96. The van der Waals surface area contributed by atoms with Crippen molar-refractivity contribution in [2.24, 2.45) is 19.1 Å². The molecule has 6 nitrogen and oxygen atoms in total. The van der Waals surface area contributed by atoms with Crippen LogP contribution >= 0.6 is 0 Å². The normalized spacial score (nSPS) is 13.3. The molecular weight excluding hydrogens is 280 g/mol. The fourth-order valence-corrected chi connectivity index (χ4v) is 2.64. The Morgan fingerprint density at radius 2 is 1.82 bits per heavy atom. The topological polar surface area (TPSA) is 59.6 Å². The molecule has 0 radical (unpaired) electrons. The van der Waals surface area contributed by atoms with Crippen LogP contribution < -0.4 is 11.2 Å². The second-order valence-electron chi connectivity index (χ2n) is 5.46. The molecule has 1 aliphatic heterocycles. The molecule has 1 aliphatic rings. The Labute approximate surface area is 128 Å². The molecule has 3 rings (SSSR count). The highest BCUT2D eigenvalue weighted by Gasteiger charge is 2.20. The van der Waals surface area contributed by atoms with Crippen LogP contribution in [-0.2, 0) is 27.1 Å². The predicted molar refractivity (Wildman–Crippen MR) is 85.6 cm³/mol. The summed E-state index contributed by atoms with van der Waals surface area (Å²) >= 11 is 0. The Morgan fingerprint density at radius 1 is 1.09 bits per heavy atom. The van der Waals surface area contributed by atoms with Crippen LogP contribution in [0.25, 0.3) is 0 Å². The van der Waals surface area contributed by atoms with E-state index in [2.05, 4.69) is 17.1 Å². The number of aliphatic imine (C=N–C) groups is 1. The van der Waals surface area contributed by atoms with Crippen molar-refractivity contribution in [2.75, 3.05) is 6.54 Å². The first-order valence-electron chi connectivity index (χ1n) is 7.19. The van der Waals surface area contributed by atoms with Crippen molar-refractivity contribution in [2.45, 2.75) is 13.0 Å². The van der Waals surface area contributed by atoms with Crippen molar-refractivity contribution in [3.8, 4) is 0 Å². The molecule has 0 saturated heterocycles. The molecule has 114 valence electrons. The minimum Gasteiger partial charge on any atom is -0.358 e. The number of rotatable bonds is 3. The highest BCUT2D eigenvalue weighted by molar-refractivity contribution is 5.64. The number of hydrogen-bond donors (Lipinski definition) is 0. The van der Waals surface area contributed by atoms with Crippen LogP contribution in [0.1, 0.15) is 11.1 Å². The van der Waals surface area contributed by atoms with E-state index in [9.17, 15) is 9.59 Å². The van der Waals surface area contributed by atoms with E-state index in [-0.39, 0.29) is 11.2 Å². The summed E-state index contributed by atoms with van der Waals surface area (Å²) in [5.74, 6) is 0.462. The quantitative estimate of drug-likeness (QED) is 0.842. The van der Waals surface area contributed by atoms with Crippen molar-refractivity contribution in [3.63, 3.8) is 0 Å². The molecular formula is C16H18N4O2. The number of benzene rings is 1. The van der Waals surface area contributed by atoms with Gasteiger partial charge in [-0.25, -0.2) is 9.79 Å². The molecule has 0 N–H and O–H groups in total. The van der Waals surface area contributed by atoms with Crippen LogP contribution in [0.15, 0.2) is 44.9 Å². The lowest BCUT2D eigenvalue weighted by Crippen LogP contribution is -2.42. The summed E-state index contributed by atoms with van der Waals surface area (Å²) in [4.78, 5) is 30.4. The van der Waals surface area contributed by atoms with Gasteiger partial charge in [0.2, 0.25) is 0 Å². The zero-order valence-electron chi connectivity index (χ0n) is 12.7. The van der Waals surface area contributed by atoms with Gasteiger partial charge >= 0.3 is 5.69 Å². The SMILES string of the molecule is Cn1c2c(c(=O)n(C)c1=O)CN(CCc1ccccc1)C=N2. The molecule has 6 heteroatoms. The molecule has 0 amide bonds. The van der Waals surface area contributed by atoms with E-state index in [4.69, 9.17) is 0 Å². The monoisotopic (exact) mass is 298 g/mol. The zero-order valence-corrected chi connectivity index (χ0v) is 12.7. The van der Waals surface area contributed by atoms with Gasteiger partial charge in [0.05, 0.1) is 18.4 Å². The summed E-state index contributed by atoms with van der Waals surface area (Å²) in [7, 11) is 3.13. The third kappa shape index (κ3) is 2.47. The second-order valence-corrected chi connectivity index (χ2v) is 5.46. The van der Waals surface area contributed by atoms with Crippen molar-refractivity contribution < 1.29 is 0 Å². The smallest absolute Gasteiger partial charge is 0.332 e. The molecule has 2 heterocycles. The van der Waals surface area contributed by atoms with Crippen molar-refractivity contribution in [1.29, 1.82) is 0 Å². The van der Waals surface area contributed by atoms with E-state index >= 15 is 0 Å². The Morgan fingerprint density at radius 3 is 2.55 bits per heavy atom. The number of aromatic nitrogens is 2. The van der Waals surface area contributed by atoms with E-state index in [1.165, 1.54) is 17.2 Å². The molecule has 0 atom stereocenters. The fraction of sp³-hybridized carbons (Fsp3) is 0.312. The Hall–Kier alpha value is -2.63. The van der Waals surface area contributed by atoms with Crippen LogP contribution in [0.5, 0.6) is 0 Å². The second kappa shape index (κ2) is 5.63. The molecule has 22 heavy (non-hydrogen) atoms. The minimum atomic E-state index is -0.348. The number of hydrogen-bond acceptors (Lipinski definition) is 4. The first-order chi connectivity index (χ1) is 10.6. The van der Waals surface area contributed by atoms with E-state index in [0.29, 0.717) is 17.9 Å². The van der Waals surface area contributed by atoms with Gasteiger partial charge < -0.3 is 4.90 Å². The highest BCUT2D eigenvalue weighted by atomic mass is 16.2. The zero-order chi connectivity index (χ0) is 15.7. The Balaban J connectivity index is 1.83. The largest absolute Gasteiger partial charge is 0.358 e.